The number of benzene rings is 2. The number of amides is 1. The summed E-state index contributed by atoms with van der Waals surface area (Å²) in [5.41, 5.74) is -0.454. The lowest BCUT2D eigenvalue weighted by Gasteiger charge is -2.13. The maximum Gasteiger partial charge on any atom is 0.418 e. The van der Waals surface area contributed by atoms with E-state index in [1.54, 1.807) is 24.3 Å². The van der Waals surface area contributed by atoms with Gasteiger partial charge in [-0.05, 0) is 19.1 Å². The van der Waals surface area contributed by atoms with Crippen molar-refractivity contribution >= 4 is 23.4 Å². The molecule has 0 unspecified atom stereocenters. The number of thioether (sulfide) groups is 1. The standard InChI is InChI=1S/C21H15F3N4O2S/c1-12-6-8-13(9-7-12)18-14(10-25)19(30)28-20(27-18)31-11-17(29)26-16-5-3-2-4-15(16)21(22,23)24/h2-9H,11H2,1H3,(H,26,29)(H,27,28,30). The van der Waals surface area contributed by atoms with Crippen LogP contribution < -0.4 is 10.9 Å². The zero-order valence-corrected chi connectivity index (χ0v) is 16.9. The molecule has 1 heterocycles. The Morgan fingerprint density at radius 1 is 1.19 bits per heavy atom. The summed E-state index contributed by atoms with van der Waals surface area (Å²) in [7, 11) is 0. The molecule has 2 aromatic carbocycles. The summed E-state index contributed by atoms with van der Waals surface area (Å²) in [5, 5.41) is 11.6. The number of carbonyl (C=O) groups excluding carboxylic acids is 1. The number of hydrogen-bond donors (Lipinski definition) is 2. The van der Waals surface area contributed by atoms with E-state index in [1.807, 2.05) is 13.0 Å². The summed E-state index contributed by atoms with van der Waals surface area (Å²) in [6.07, 6.45) is -4.61. The molecule has 0 radical (unpaired) electrons. The van der Waals surface area contributed by atoms with E-state index in [2.05, 4.69) is 15.3 Å². The third-order valence-corrected chi connectivity index (χ3v) is 5.05. The Labute approximate surface area is 179 Å². The highest BCUT2D eigenvalue weighted by Crippen LogP contribution is 2.34. The molecule has 0 aliphatic rings. The van der Waals surface area contributed by atoms with Gasteiger partial charge in [-0.3, -0.25) is 9.59 Å². The molecule has 2 N–H and O–H groups in total. The van der Waals surface area contributed by atoms with Gasteiger partial charge in [-0.25, -0.2) is 4.98 Å². The van der Waals surface area contributed by atoms with E-state index in [0.717, 1.165) is 29.5 Å². The number of aryl methyl sites for hydroxylation is 1. The summed E-state index contributed by atoms with van der Waals surface area (Å²) in [6.45, 7) is 1.89. The van der Waals surface area contributed by atoms with Crippen molar-refractivity contribution in [2.45, 2.75) is 18.3 Å². The molecule has 6 nitrogen and oxygen atoms in total. The second kappa shape index (κ2) is 9.06. The van der Waals surface area contributed by atoms with Gasteiger partial charge in [-0.2, -0.15) is 18.4 Å². The van der Waals surface area contributed by atoms with Crippen LogP contribution in [0.1, 0.15) is 16.7 Å². The Morgan fingerprint density at radius 3 is 2.52 bits per heavy atom. The Balaban J connectivity index is 1.80. The Kier molecular flexibility index (Phi) is 6.46. The number of nitrogens with zero attached hydrogens (tertiary/aromatic N) is 2. The van der Waals surface area contributed by atoms with Crippen LogP contribution in [0.4, 0.5) is 18.9 Å². The van der Waals surface area contributed by atoms with Crippen molar-refractivity contribution in [3.63, 3.8) is 0 Å². The van der Waals surface area contributed by atoms with E-state index in [4.69, 9.17) is 0 Å². The van der Waals surface area contributed by atoms with Crippen LogP contribution in [-0.2, 0) is 11.0 Å². The Morgan fingerprint density at radius 2 is 1.87 bits per heavy atom. The molecule has 0 aliphatic heterocycles. The van der Waals surface area contributed by atoms with E-state index in [9.17, 15) is 28.0 Å². The number of aromatic amines is 1. The third kappa shape index (κ3) is 5.32. The molecule has 158 valence electrons. The quantitative estimate of drug-likeness (QED) is 0.450. The van der Waals surface area contributed by atoms with Crippen LogP contribution in [0.2, 0.25) is 0 Å². The maximum absolute atomic E-state index is 13.1. The number of rotatable bonds is 5. The fourth-order valence-electron chi connectivity index (χ4n) is 2.70. The molecule has 3 rings (SSSR count). The van der Waals surface area contributed by atoms with E-state index < -0.39 is 23.2 Å². The first kappa shape index (κ1) is 22.1. The number of H-pyrrole nitrogens is 1. The van der Waals surface area contributed by atoms with Gasteiger partial charge in [0, 0.05) is 5.56 Å². The highest BCUT2D eigenvalue weighted by atomic mass is 32.2. The summed E-state index contributed by atoms with van der Waals surface area (Å²) >= 11 is 0.837. The number of para-hydroxylation sites is 1. The average molecular weight is 444 g/mol. The van der Waals surface area contributed by atoms with Crippen LogP contribution >= 0.6 is 11.8 Å². The van der Waals surface area contributed by atoms with E-state index in [1.165, 1.54) is 12.1 Å². The number of aromatic nitrogens is 2. The average Bonchev–Trinajstić information content (AvgIpc) is 2.72. The Hall–Kier alpha value is -3.58. The van der Waals surface area contributed by atoms with Gasteiger partial charge in [0.2, 0.25) is 5.91 Å². The second-order valence-electron chi connectivity index (χ2n) is 6.45. The van der Waals surface area contributed by atoms with Crippen LogP contribution in [0.3, 0.4) is 0 Å². The first-order valence-electron chi connectivity index (χ1n) is 8.89. The summed E-state index contributed by atoms with van der Waals surface area (Å²) < 4.78 is 39.2. The monoisotopic (exact) mass is 444 g/mol. The lowest BCUT2D eigenvalue weighted by molar-refractivity contribution is -0.137. The van der Waals surface area contributed by atoms with E-state index in [0.29, 0.717) is 5.56 Å². The van der Waals surface area contributed by atoms with Gasteiger partial charge < -0.3 is 10.3 Å². The van der Waals surface area contributed by atoms with Gasteiger partial charge in [0.05, 0.1) is 22.7 Å². The largest absolute Gasteiger partial charge is 0.418 e. The van der Waals surface area contributed by atoms with Gasteiger partial charge in [0.15, 0.2) is 5.16 Å². The minimum absolute atomic E-state index is 0.0684. The van der Waals surface area contributed by atoms with Crippen molar-refractivity contribution in [3.8, 4) is 17.3 Å². The van der Waals surface area contributed by atoms with Crippen LogP contribution in [0.25, 0.3) is 11.3 Å². The highest BCUT2D eigenvalue weighted by Gasteiger charge is 2.33. The van der Waals surface area contributed by atoms with Crippen LogP contribution in [0.5, 0.6) is 0 Å². The molecule has 0 atom stereocenters. The third-order valence-electron chi connectivity index (χ3n) is 4.18. The summed E-state index contributed by atoms with van der Waals surface area (Å²) in [6, 6.07) is 13.5. The minimum Gasteiger partial charge on any atom is -0.325 e. The van der Waals surface area contributed by atoms with Gasteiger partial charge >= 0.3 is 6.18 Å². The fourth-order valence-corrected chi connectivity index (χ4v) is 3.37. The molecule has 3 aromatic rings. The molecule has 0 saturated heterocycles. The molecule has 10 heteroatoms. The number of carbonyl (C=O) groups is 1. The van der Waals surface area contributed by atoms with Gasteiger partial charge in [-0.15, -0.1) is 0 Å². The minimum atomic E-state index is -4.61. The topological polar surface area (TPSA) is 98.6 Å². The number of alkyl halides is 3. The molecule has 1 amide bonds. The normalized spacial score (nSPS) is 11.1. The zero-order chi connectivity index (χ0) is 22.6. The molecule has 1 aromatic heterocycles. The first-order valence-corrected chi connectivity index (χ1v) is 9.88. The second-order valence-corrected chi connectivity index (χ2v) is 7.42. The predicted molar refractivity (Wildman–Crippen MR) is 111 cm³/mol. The number of halogens is 3. The number of anilines is 1. The van der Waals surface area contributed by atoms with Crippen molar-refractivity contribution < 1.29 is 18.0 Å². The van der Waals surface area contributed by atoms with Crippen molar-refractivity contribution in [3.05, 3.63) is 75.6 Å². The highest BCUT2D eigenvalue weighted by molar-refractivity contribution is 7.99. The lowest BCUT2D eigenvalue weighted by Crippen LogP contribution is -2.19. The summed E-state index contributed by atoms with van der Waals surface area (Å²) in [5.74, 6) is -1.00. The molecular weight excluding hydrogens is 429 g/mol. The molecule has 0 aliphatic carbocycles. The maximum atomic E-state index is 13.1. The first-order chi connectivity index (χ1) is 14.7. The van der Waals surface area contributed by atoms with E-state index in [-0.39, 0.29) is 27.9 Å². The molecule has 0 spiro atoms. The SMILES string of the molecule is Cc1ccc(-c2nc(SCC(=O)Nc3ccccc3C(F)(F)F)[nH]c(=O)c2C#N)cc1. The zero-order valence-electron chi connectivity index (χ0n) is 16.1. The van der Waals surface area contributed by atoms with Gasteiger partial charge in [-0.1, -0.05) is 53.7 Å². The molecular formula is C21H15F3N4O2S. The molecule has 0 bridgehead atoms. The molecule has 0 saturated carbocycles. The molecule has 0 fully saturated rings. The predicted octanol–water partition coefficient (Wildman–Crippen LogP) is 4.37. The van der Waals surface area contributed by atoms with Crippen molar-refractivity contribution in [2.75, 3.05) is 11.1 Å². The molecule has 31 heavy (non-hydrogen) atoms. The number of nitrogens with one attached hydrogen (secondary N) is 2. The Bertz CT molecular complexity index is 1220. The van der Waals surface area contributed by atoms with Crippen molar-refractivity contribution in [2.24, 2.45) is 0 Å². The van der Waals surface area contributed by atoms with Crippen LogP contribution in [0, 0.1) is 18.3 Å². The van der Waals surface area contributed by atoms with Gasteiger partial charge in [0.1, 0.15) is 11.6 Å². The van der Waals surface area contributed by atoms with Crippen LogP contribution in [-0.4, -0.2) is 21.6 Å². The summed E-state index contributed by atoms with van der Waals surface area (Å²) in [4.78, 5) is 31.1. The van der Waals surface area contributed by atoms with Crippen molar-refractivity contribution in [1.29, 1.82) is 5.26 Å². The van der Waals surface area contributed by atoms with Gasteiger partial charge in [0.25, 0.3) is 5.56 Å². The lowest BCUT2D eigenvalue weighted by atomic mass is 10.1. The van der Waals surface area contributed by atoms with Crippen molar-refractivity contribution in [1.82, 2.24) is 9.97 Å². The smallest absolute Gasteiger partial charge is 0.325 e. The number of nitriles is 1. The van der Waals surface area contributed by atoms with E-state index >= 15 is 0 Å². The number of hydrogen-bond acceptors (Lipinski definition) is 5. The van der Waals surface area contributed by atoms with Crippen LogP contribution in [0.15, 0.2) is 58.5 Å². The fraction of sp³-hybridized carbons (Fsp3) is 0.143.